The molecule has 1 aliphatic heterocycles. The van der Waals surface area contributed by atoms with Gasteiger partial charge in [0.15, 0.2) is 0 Å². The molecule has 0 unspecified atom stereocenters. The molecule has 3 N–H and O–H groups in total. The van der Waals surface area contributed by atoms with Crippen LogP contribution in [0.4, 0.5) is 17.6 Å². The van der Waals surface area contributed by atoms with Crippen LogP contribution >= 0.6 is 0 Å². The molecule has 9 heteroatoms. The Bertz CT molecular complexity index is 1130. The van der Waals surface area contributed by atoms with Crippen molar-refractivity contribution in [3.63, 3.8) is 0 Å². The number of carbonyl (C=O) groups is 1. The fraction of sp³-hybridized carbons (Fsp3) is 0.444. The van der Waals surface area contributed by atoms with E-state index in [1.54, 1.807) is 24.3 Å². The molecule has 0 amide bonds. The van der Waals surface area contributed by atoms with Crippen molar-refractivity contribution in [1.82, 2.24) is 19.7 Å². The van der Waals surface area contributed by atoms with Crippen molar-refractivity contribution < 1.29 is 14.3 Å². The van der Waals surface area contributed by atoms with Gasteiger partial charge in [0.25, 0.3) is 5.91 Å². The van der Waals surface area contributed by atoms with Crippen molar-refractivity contribution in [2.24, 2.45) is 0 Å². The third kappa shape index (κ3) is 7.21. The van der Waals surface area contributed by atoms with Gasteiger partial charge in [-0.25, -0.2) is 0 Å². The Morgan fingerprint density at radius 3 is 2.25 bits per heavy atom. The Kier molecular flexibility index (Phi) is 8.10. The summed E-state index contributed by atoms with van der Waals surface area (Å²) in [4.78, 5) is 19.6. The maximum Gasteiger partial charge on any atom is 0.281 e. The molecule has 1 aliphatic rings. The number of nitrogens with two attached hydrogens (primary N) is 1. The highest BCUT2D eigenvalue weighted by Gasteiger charge is 2.17. The first-order chi connectivity index (χ1) is 17.3. The van der Waals surface area contributed by atoms with E-state index in [2.05, 4.69) is 20.3 Å². The second kappa shape index (κ2) is 11.4. The van der Waals surface area contributed by atoms with E-state index in [0.717, 1.165) is 35.8 Å². The average molecular weight is 493 g/mol. The van der Waals surface area contributed by atoms with Crippen molar-refractivity contribution in [1.29, 1.82) is 0 Å². The van der Waals surface area contributed by atoms with E-state index in [1.165, 1.54) is 25.7 Å². The number of hydrogen-bond donors (Lipinski definition) is 2. The van der Waals surface area contributed by atoms with Crippen molar-refractivity contribution in [2.75, 3.05) is 37.3 Å². The molecule has 2 aromatic carbocycles. The number of hydrogen-bond acceptors (Lipinski definition) is 8. The van der Waals surface area contributed by atoms with Gasteiger partial charge in [-0.2, -0.15) is 9.67 Å². The van der Waals surface area contributed by atoms with Gasteiger partial charge in [-0.1, -0.05) is 12.8 Å². The molecule has 0 bridgehead atoms. The van der Waals surface area contributed by atoms with Crippen LogP contribution < -0.4 is 20.5 Å². The van der Waals surface area contributed by atoms with Gasteiger partial charge >= 0.3 is 0 Å². The van der Waals surface area contributed by atoms with Crippen LogP contribution in [0.25, 0.3) is 0 Å². The number of nitrogen functional groups attached to an aromatic ring is 1. The minimum atomic E-state index is -0.372. The Balaban J connectivity index is 1.31. The minimum absolute atomic E-state index is 0.00554. The summed E-state index contributed by atoms with van der Waals surface area (Å²) in [7, 11) is 0. The maximum absolute atomic E-state index is 12.9. The number of rotatable bonds is 8. The SMILES string of the molecule is CC(C)(C)Oc1ccc(C(=O)n2nc(Nc3ccc(OCCN4CCCCCC4)cc3)nc2N)cc1. The highest BCUT2D eigenvalue weighted by atomic mass is 16.5. The predicted molar refractivity (Wildman–Crippen MR) is 141 cm³/mol. The molecule has 1 aromatic heterocycles. The molecule has 1 fully saturated rings. The highest BCUT2D eigenvalue weighted by Crippen LogP contribution is 2.21. The normalized spacial score (nSPS) is 14.8. The Morgan fingerprint density at radius 2 is 1.61 bits per heavy atom. The summed E-state index contributed by atoms with van der Waals surface area (Å²) in [6, 6.07) is 14.4. The van der Waals surface area contributed by atoms with Crippen LogP contribution in [0.15, 0.2) is 48.5 Å². The molecule has 4 rings (SSSR count). The average Bonchev–Trinajstić information content (AvgIpc) is 3.02. The first-order valence-corrected chi connectivity index (χ1v) is 12.6. The van der Waals surface area contributed by atoms with E-state index in [0.29, 0.717) is 17.9 Å². The summed E-state index contributed by atoms with van der Waals surface area (Å²) >= 11 is 0. The first-order valence-electron chi connectivity index (χ1n) is 12.6. The van der Waals surface area contributed by atoms with Gasteiger partial charge in [0.05, 0.1) is 0 Å². The third-order valence-electron chi connectivity index (χ3n) is 5.84. The van der Waals surface area contributed by atoms with Crippen LogP contribution in [0, 0.1) is 0 Å². The second-order valence-corrected chi connectivity index (χ2v) is 10.0. The fourth-order valence-electron chi connectivity index (χ4n) is 4.08. The molecule has 2 heterocycles. The molecular weight excluding hydrogens is 456 g/mol. The predicted octanol–water partition coefficient (Wildman–Crippen LogP) is 4.72. The summed E-state index contributed by atoms with van der Waals surface area (Å²) in [5, 5.41) is 7.34. The number of nitrogens with zero attached hydrogens (tertiary/aromatic N) is 4. The molecule has 3 aromatic rings. The lowest BCUT2D eigenvalue weighted by atomic mass is 10.1. The Morgan fingerprint density at radius 1 is 0.972 bits per heavy atom. The monoisotopic (exact) mass is 492 g/mol. The van der Waals surface area contributed by atoms with Crippen LogP contribution in [0.2, 0.25) is 0 Å². The number of anilines is 3. The summed E-state index contributed by atoms with van der Waals surface area (Å²) < 4.78 is 12.8. The van der Waals surface area contributed by atoms with Gasteiger partial charge in [0, 0.05) is 17.8 Å². The second-order valence-electron chi connectivity index (χ2n) is 10.0. The van der Waals surface area contributed by atoms with Crippen molar-refractivity contribution in [3.05, 3.63) is 54.1 Å². The molecule has 0 saturated carbocycles. The van der Waals surface area contributed by atoms with Gasteiger partial charge in [0.1, 0.15) is 23.7 Å². The van der Waals surface area contributed by atoms with Crippen molar-refractivity contribution in [2.45, 2.75) is 52.1 Å². The number of ether oxygens (including phenoxy) is 2. The fourth-order valence-corrected chi connectivity index (χ4v) is 4.08. The lowest BCUT2D eigenvalue weighted by Crippen LogP contribution is -2.29. The van der Waals surface area contributed by atoms with Crippen LogP contribution in [-0.4, -0.2) is 57.4 Å². The van der Waals surface area contributed by atoms with Gasteiger partial charge in [-0.15, -0.1) is 5.10 Å². The number of carbonyl (C=O) groups excluding carboxylic acids is 1. The molecule has 1 saturated heterocycles. The van der Waals surface area contributed by atoms with Gasteiger partial charge in [0.2, 0.25) is 11.9 Å². The number of nitrogens with one attached hydrogen (secondary N) is 1. The van der Waals surface area contributed by atoms with Gasteiger partial charge in [-0.3, -0.25) is 9.69 Å². The van der Waals surface area contributed by atoms with E-state index >= 15 is 0 Å². The molecule has 0 radical (unpaired) electrons. The summed E-state index contributed by atoms with van der Waals surface area (Å²) in [6.45, 7) is 9.84. The standard InChI is InChI=1S/C27H36N6O3/c1-27(2,3)36-23-12-8-20(9-13-23)24(34)33-25(28)30-26(31-33)29-21-10-14-22(15-11-21)35-19-18-32-16-6-4-5-7-17-32/h8-15H,4-7,16-19H2,1-3H3,(H3,28,29,30,31). The van der Waals surface area contributed by atoms with Crippen molar-refractivity contribution >= 4 is 23.5 Å². The van der Waals surface area contributed by atoms with Crippen LogP contribution in [-0.2, 0) is 0 Å². The zero-order valence-electron chi connectivity index (χ0n) is 21.4. The van der Waals surface area contributed by atoms with Gasteiger partial charge in [-0.05, 0) is 95.2 Å². The van der Waals surface area contributed by atoms with Crippen molar-refractivity contribution in [3.8, 4) is 11.5 Å². The Labute approximate surface area is 212 Å². The zero-order valence-corrected chi connectivity index (χ0v) is 21.4. The number of aromatic nitrogens is 3. The molecule has 0 atom stereocenters. The zero-order chi connectivity index (χ0) is 25.5. The third-order valence-corrected chi connectivity index (χ3v) is 5.84. The van der Waals surface area contributed by atoms with E-state index in [4.69, 9.17) is 15.2 Å². The lowest BCUT2D eigenvalue weighted by Gasteiger charge is -2.21. The highest BCUT2D eigenvalue weighted by molar-refractivity contribution is 5.97. The van der Waals surface area contributed by atoms with Gasteiger partial charge < -0.3 is 20.5 Å². The summed E-state index contributed by atoms with van der Waals surface area (Å²) in [5.41, 5.74) is 6.85. The largest absolute Gasteiger partial charge is 0.492 e. The quantitative estimate of drug-likeness (QED) is 0.465. The molecule has 0 aliphatic carbocycles. The molecule has 36 heavy (non-hydrogen) atoms. The van der Waals surface area contributed by atoms with Crippen LogP contribution in [0.5, 0.6) is 11.5 Å². The van der Waals surface area contributed by atoms with E-state index in [-0.39, 0.29) is 23.4 Å². The number of likely N-dealkylation sites (tertiary alicyclic amines) is 1. The molecule has 0 spiro atoms. The maximum atomic E-state index is 12.9. The lowest BCUT2D eigenvalue weighted by molar-refractivity contribution is 0.0948. The smallest absolute Gasteiger partial charge is 0.281 e. The van der Waals surface area contributed by atoms with E-state index in [1.807, 2.05) is 45.0 Å². The number of benzene rings is 2. The molecule has 192 valence electrons. The first kappa shape index (κ1) is 25.5. The molecule has 9 nitrogen and oxygen atoms in total. The van der Waals surface area contributed by atoms with Crippen LogP contribution in [0.3, 0.4) is 0 Å². The van der Waals surface area contributed by atoms with E-state index < -0.39 is 0 Å². The summed E-state index contributed by atoms with van der Waals surface area (Å²) in [5.74, 6) is 1.36. The Hall–Kier alpha value is -3.59. The minimum Gasteiger partial charge on any atom is -0.492 e. The summed E-state index contributed by atoms with van der Waals surface area (Å²) in [6.07, 6.45) is 5.22. The topological polar surface area (TPSA) is 108 Å². The van der Waals surface area contributed by atoms with Crippen LogP contribution in [0.1, 0.15) is 56.8 Å². The van der Waals surface area contributed by atoms with E-state index in [9.17, 15) is 4.79 Å². The molecular formula is C27H36N6O3.